The first kappa shape index (κ1) is 18.8. The fourth-order valence-corrected chi connectivity index (χ4v) is 4.05. The molecule has 0 bridgehead atoms. The van der Waals surface area contributed by atoms with Gasteiger partial charge in [0.05, 0.1) is 36.9 Å². The molecule has 2 aliphatic rings. The highest BCUT2D eigenvalue weighted by Crippen LogP contribution is 2.28. The lowest BCUT2D eigenvalue weighted by Crippen LogP contribution is -2.37. The zero-order valence-corrected chi connectivity index (χ0v) is 17.0. The monoisotopic (exact) mass is 400 g/mol. The average Bonchev–Trinajstić information content (AvgIpc) is 3.27. The number of morpholine rings is 1. The molecule has 0 aliphatic carbocycles. The van der Waals surface area contributed by atoms with Crippen molar-refractivity contribution < 1.29 is 9.53 Å². The number of ether oxygens (including phenoxy) is 1. The highest BCUT2D eigenvalue weighted by atomic mass is 16.5. The molecule has 1 amide bonds. The van der Waals surface area contributed by atoms with E-state index in [9.17, 15) is 4.79 Å². The molecule has 0 unspecified atom stereocenters. The van der Waals surface area contributed by atoms with Crippen LogP contribution in [0.1, 0.15) is 12.5 Å². The third-order valence-electron chi connectivity index (χ3n) is 5.64. The summed E-state index contributed by atoms with van der Waals surface area (Å²) in [5, 5.41) is 7.12. The van der Waals surface area contributed by atoms with Gasteiger partial charge in [-0.3, -0.25) is 9.69 Å². The fourth-order valence-electron chi connectivity index (χ4n) is 4.05. The molecule has 6 nitrogen and oxygen atoms in total. The number of fused-ring (bicyclic) bond motifs is 1. The molecule has 1 aromatic heterocycles. The van der Waals surface area contributed by atoms with Crippen LogP contribution in [0.15, 0.2) is 71.5 Å². The third-order valence-corrected chi connectivity index (χ3v) is 5.64. The van der Waals surface area contributed by atoms with Gasteiger partial charge >= 0.3 is 0 Å². The van der Waals surface area contributed by atoms with E-state index >= 15 is 0 Å². The number of hydrazone groups is 1. The maximum atomic E-state index is 13.1. The molecular weight excluding hydrogens is 376 g/mol. The molecule has 5 rings (SSSR count). The Balaban J connectivity index is 1.50. The van der Waals surface area contributed by atoms with Crippen LogP contribution < -0.4 is 5.01 Å². The summed E-state index contributed by atoms with van der Waals surface area (Å²) in [6.07, 6.45) is 4.11. The quantitative estimate of drug-likeness (QED) is 0.627. The Morgan fingerprint density at radius 3 is 2.57 bits per heavy atom. The van der Waals surface area contributed by atoms with Crippen LogP contribution in [0, 0.1) is 0 Å². The number of benzene rings is 2. The summed E-state index contributed by atoms with van der Waals surface area (Å²) < 4.78 is 7.73. The lowest BCUT2D eigenvalue weighted by molar-refractivity contribution is -0.114. The maximum absolute atomic E-state index is 13.1. The second-order valence-electron chi connectivity index (χ2n) is 7.64. The molecule has 0 radical (unpaired) electrons. The van der Waals surface area contributed by atoms with Crippen LogP contribution in [0.5, 0.6) is 0 Å². The van der Waals surface area contributed by atoms with E-state index in [1.54, 1.807) is 0 Å². The van der Waals surface area contributed by atoms with Crippen molar-refractivity contribution in [3.05, 3.63) is 71.9 Å². The average molecular weight is 400 g/mol. The number of rotatable bonds is 4. The van der Waals surface area contributed by atoms with Crippen LogP contribution in [0.2, 0.25) is 0 Å². The van der Waals surface area contributed by atoms with E-state index in [0.29, 0.717) is 5.57 Å². The summed E-state index contributed by atoms with van der Waals surface area (Å²) in [5.74, 6) is -0.0938. The summed E-state index contributed by atoms with van der Waals surface area (Å²) in [4.78, 5) is 15.5. The van der Waals surface area contributed by atoms with E-state index < -0.39 is 0 Å². The number of hydrogen-bond donors (Lipinski definition) is 0. The number of para-hydroxylation sites is 2. The van der Waals surface area contributed by atoms with Gasteiger partial charge in [-0.15, -0.1) is 0 Å². The molecule has 0 N–H and O–H groups in total. The van der Waals surface area contributed by atoms with Crippen LogP contribution in [0.3, 0.4) is 0 Å². The first-order valence-electron chi connectivity index (χ1n) is 10.3. The summed E-state index contributed by atoms with van der Waals surface area (Å²) >= 11 is 0. The molecule has 0 spiro atoms. The van der Waals surface area contributed by atoms with Crippen molar-refractivity contribution in [1.82, 2.24) is 9.47 Å². The fraction of sp³-hybridized carbons (Fsp3) is 0.250. The summed E-state index contributed by atoms with van der Waals surface area (Å²) in [6.45, 7) is 6.10. The lowest BCUT2D eigenvalue weighted by atomic mass is 10.1. The van der Waals surface area contributed by atoms with Crippen LogP contribution in [-0.4, -0.2) is 47.4 Å². The zero-order chi connectivity index (χ0) is 20.5. The molecule has 152 valence electrons. The number of amides is 1. The van der Waals surface area contributed by atoms with Gasteiger partial charge in [0.1, 0.15) is 0 Å². The van der Waals surface area contributed by atoms with Gasteiger partial charge in [0.25, 0.3) is 5.91 Å². The van der Waals surface area contributed by atoms with E-state index in [2.05, 4.69) is 39.0 Å². The zero-order valence-electron chi connectivity index (χ0n) is 17.0. The van der Waals surface area contributed by atoms with Crippen molar-refractivity contribution in [3.63, 3.8) is 0 Å². The van der Waals surface area contributed by atoms with Gasteiger partial charge in [0.2, 0.25) is 0 Å². The molecule has 3 heterocycles. The van der Waals surface area contributed by atoms with E-state index in [-0.39, 0.29) is 5.91 Å². The second kappa shape index (κ2) is 7.89. The Labute approximate surface area is 175 Å². The normalized spacial score (nSPS) is 19.1. The summed E-state index contributed by atoms with van der Waals surface area (Å²) in [7, 11) is 0. The molecule has 6 heteroatoms. The Morgan fingerprint density at radius 1 is 1.03 bits per heavy atom. The Kier molecular flexibility index (Phi) is 4.94. The predicted molar refractivity (Wildman–Crippen MR) is 119 cm³/mol. The first-order chi connectivity index (χ1) is 14.7. The van der Waals surface area contributed by atoms with Crippen molar-refractivity contribution in [1.29, 1.82) is 0 Å². The molecule has 2 aromatic carbocycles. The lowest BCUT2D eigenvalue weighted by Gasteiger charge is -2.27. The standard InChI is InChI=1S/C24H24N4O2/c1-18-22(24(29)28(25-18)20-7-3-2-4-8-20)15-19-16-27(17-26-11-13-30-14-12-26)23-10-6-5-9-21(19)23/h2-10,15-16H,11-14,17H2,1H3/b22-15-. The van der Waals surface area contributed by atoms with Crippen molar-refractivity contribution >= 4 is 34.3 Å². The SMILES string of the molecule is CC1=NN(c2ccccc2)C(=O)/C1=C\c1cn(CN2CCOCC2)c2ccccc12. The van der Waals surface area contributed by atoms with Gasteiger partial charge < -0.3 is 9.30 Å². The first-order valence-corrected chi connectivity index (χ1v) is 10.3. The molecule has 2 aliphatic heterocycles. The predicted octanol–water partition coefficient (Wildman–Crippen LogP) is 3.74. The number of carbonyl (C=O) groups is 1. The largest absolute Gasteiger partial charge is 0.379 e. The van der Waals surface area contributed by atoms with Crippen molar-refractivity contribution in [2.24, 2.45) is 5.10 Å². The van der Waals surface area contributed by atoms with E-state index in [4.69, 9.17) is 4.74 Å². The van der Waals surface area contributed by atoms with Crippen LogP contribution in [0.25, 0.3) is 17.0 Å². The minimum atomic E-state index is -0.0938. The number of carbonyl (C=O) groups excluding carboxylic acids is 1. The molecular formula is C24H24N4O2. The highest BCUT2D eigenvalue weighted by molar-refractivity contribution is 6.32. The van der Waals surface area contributed by atoms with Gasteiger partial charge in [-0.1, -0.05) is 36.4 Å². The van der Waals surface area contributed by atoms with Crippen LogP contribution >= 0.6 is 0 Å². The Bertz CT molecular complexity index is 1140. The van der Waals surface area contributed by atoms with Crippen molar-refractivity contribution in [2.45, 2.75) is 13.6 Å². The molecule has 3 aromatic rings. The summed E-state index contributed by atoms with van der Waals surface area (Å²) in [6, 6.07) is 17.9. The maximum Gasteiger partial charge on any atom is 0.280 e. The minimum Gasteiger partial charge on any atom is -0.379 e. The van der Waals surface area contributed by atoms with E-state index in [0.717, 1.165) is 60.8 Å². The minimum absolute atomic E-state index is 0.0938. The number of hydrogen-bond acceptors (Lipinski definition) is 4. The van der Waals surface area contributed by atoms with Crippen molar-refractivity contribution in [3.8, 4) is 0 Å². The molecule has 30 heavy (non-hydrogen) atoms. The van der Waals surface area contributed by atoms with Gasteiger partial charge in [0.15, 0.2) is 0 Å². The Hall–Kier alpha value is -3.22. The van der Waals surface area contributed by atoms with E-state index in [1.807, 2.05) is 49.4 Å². The molecule has 0 atom stereocenters. The topological polar surface area (TPSA) is 50.1 Å². The highest BCUT2D eigenvalue weighted by Gasteiger charge is 2.29. The van der Waals surface area contributed by atoms with Crippen LogP contribution in [0.4, 0.5) is 5.69 Å². The van der Waals surface area contributed by atoms with Crippen molar-refractivity contribution in [2.75, 3.05) is 31.3 Å². The van der Waals surface area contributed by atoms with E-state index in [1.165, 1.54) is 5.01 Å². The smallest absolute Gasteiger partial charge is 0.280 e. The van der Waals surface area contributed by atoms with Gasteiger partial charge in [-0.05, 0) is 31.2 Å². The van der Waals surface area contributed by atoms with Gasteiger partial charge in [-0.25, -0.2) is 0 Å². The molecule has 1 saturated heterocycles. The third kappa shape index (κ3) is 3.44. The second-order valence-corrected chi connectivity index (χ2v) is 7.64. The van der Waals surface area contributed by atoms with Crippen LogP contribution in [-0.2, 0) is 16.2 Å². The summed E-state index contributed by atoms with van der Waals surface area (Å²) in [5.41, 5.74) is 4.34. The van der Waals surface area contributed by atoms with Gasteiger partial charge in [0, 0.05) is 35.8 Å². The number of nitrogens with zero attached hydrogens (tertiary/aromatic N) is 4. The molecule has 1 fully saturated rings. The number of aromatic nitrogens is 1. The van der Waals surface area contributed by atoms with Gasteiger partial charge in [-0.2, -0.15) is 10.1 Å². The molecule has 0 saturated carbocycles. The number of anilines is 1. The Morgan fingerprint density at radius 2 is 1.77 bits per heavy atom.